The molecule has 2 heteroatoms. The molecule has 0 amide bonds. The van der Waals surface area contributed by atoms with Crippen LogP contribution in [0.4, 0.5) is 0 Å². The average Bonchev–Trinajstić information content (AvgIpc) is 2.62. The van der Waals surface area contributed by atoms with Gasteiger partial charge in [0.05, 0.1) is 0 Å². The van der Waals surface area contributed by atoms with Gasteiger partial charge in [-0.05, 0) is 36.3 Å². The SMILES string of the molecule is Cn1cc(CC2(CO)CCC2)c2ccccc21. The predicted molar refractivity (Wildman–Crippen MR) is 70.0 cm³/mol. The van der Waals surface area contributed by atoms with E-state index in [9.17, 15) is 5.11 Å². The Morgan fingerprint density at radius 3 is 2.71 bits per heavy atom. The van der Waals surface area contributed by atoms with Crippen molar-refractivity contribution >= 4 is 10.9 Å². The van der Waals surface area contributed by atoms with E-state index in [-0.39, 0.29) is 5.41 Å². The third-order valence-electron chi connectivity index (χ3n) is 4.29. The topological polar surface area (TPSA) is 25.2 Å². The molecule has 0 bridgehead atoms. The third-order valence-corrected chi connectivity index (χ3v) is 4.29. The van der Waals surface area contributed by atoms with Crippen molar-refractivity contribution < 1.29 is 5.11 Å². The van der Waals surface area contributed by atoms with Crippen molar-refractivity contribution in [2.45, 2.75) is 25.7 Å². The van der Waals surface area contributed by atoms with Gasteiger partial charge in [-0.2, -0.15) is 0 Å². The van der Waals surface area contributed by atoms with Gasteiger partial charge in [0.25, 0.3) is 0 Å². The second-order valence-corrected chi connectivity index (χ2v) is 5.47. The average molecular weight is 229 g/mol. The molecule has 2 aromatic rings. The zero-order chi connectivity index (χ0) is 11.9. The number of aliphatic hydroxyl groups excluding tert-OH is 1. The number of para-hydroxylation sites is 1. The number of nitrogens with zero attached hydrogens (tertiary/aromatic N) is 1. The molecule has 2 nitrogen and oxygen atoms in total. The van der Waals surface area contributed by atoms with Crippen LogP contribution in [0.2, 0.25) is 0 Å². The Labute approximate surface area is 102 Å². The van der Waals surface area contributed by atoms with Crippen LogP contribution in [0.1, 0.15) is 24.8 Å². The zero-order valence-electron chi connectivity index (χ0n) is 10.3. The summed E-state index contributed by atoms with van der Waals surface area (Å²) < 4.78 is 2.19. The molecule has 1 N–H and O–H groups in total. The highest BCUT2D eigenvalue weighted by Crippen LogP contribution is 2.44. The maximum absolute atomic E-state index is 9.57. The van der Waals surface area contributed by atoms with E-state index in [1.54, 1.807) is 0 Å². The summed E-state index contributed by atoms with van der Waals surface area (Å²) in [5.41, 5.74) is 2.84. The van der Waals surface area contributed by atoms with Crippen molar-refractivity contribution in [3.8, 4) is 0 Å². The Kier molecular flexibility index (Phi) is 2.48. The van der Waals surface area contributed by atoms with Gasteiger partial charge >= 0.3 is 0 Å². The number of aryl methyl sites for hydroxylation is 1. The lowest BCUT2D eigenvalue weighted by Crippen LogP contribution is -2.35. The second-order valence-electron chi connectivity index (χ2n) is 5.47. The highest BCUT2D eigenvalue weighted by atomic mass is 16.3. The summed E-state index contributed by atoms with van der Waals surface area (Å²) in [5.74, 6) is 0. The lowest BCUT2D eigenvalue weighted by molar-refractivity contribution is 0.0453. The highest BCUT2D eigenvalue weighted by molar-refractivity contribution is 5.83. The van der Waals surface area contributed by atoms with Gasteiger partial charge in [-0.3, -0.25) is 0 Å². The van der Waals surface area contributed by atoms with Crippen molar-refractivity contribution in [3.05, 3.63) is 36.0 Å². The van der Waals surface area contributed by atoms with E-state index >= 15 is 0 Å². The monoisotopic (exact) mass is 229 g/mol. The summed E-state index contributed by atoms with van der Waals surface area (Å²) in [7, 11) is 2.10. The van der Waals surface area contributed by atoms with Gasteiger partial charge in [0.15, 0.2) is 0 Å². The molecule has 1 fully saturated rings. The smallest absolute Gasteiger partial charge is 0.0490 e. The van der Waals surface area contributed by atoms with Crippen LogP contribution in [0.5, 0.6) is 0 Å². The van der Waals surface area contributed by atoms with Crippen molar-refractivity contribution in [1.29, 1.82) is 0 Å². The fourth-order valence-corrected chi connectivity index (χ4v) is 3.04. The lowest BCUT2D eigenvalue weighted by Gasteiger charge is -2.40. The van der Waals surface area contributed by atoms with Crippen LogP contribution in [0.25, 0.3) is 10.9 Å². The molecule has 0 atom stereocenters. The number of hydrogen-bond acceptors (Lipinski definition) is 1. The molecular formula is C15H19NO. The minimum absolute atomic E-state index is 0.171. The quantitative estimate of drug-likeness (QED) is 0.860. The molecule has 1 aliphatic carbocycles. The summed E-state index contributed by atoms with van der Waals surface area (Å²) in [5, 5.41) is 10.9. The minimum atomic E-state index is 0.171. The number of fused-ring (bicyclic) bond motifs is 1. The molecule has 1 heterocycles. The van der Waals surface area contributed by atoms with Gasteiger partial charge < -0.3 is 9.67 Å². The van der Waals surface area contributed by atoms with Crippen molar-refractivity contribution in [3.63, 3.8) is 0 Å². The van der Waals surface area contributed by atoms with Crippen molar-refractivity contribution in [2.75, 3.05) is 6.61 Å². The number of rotatable bonds is 3. The Balaban J connectivity index is 2.00. The zero-order valence-corrected chi connectivity index (χ0v) is 10.3. The molecule has 0 radical (unpaired) electrons. The molecule has 1 aromatic heterocycles. The maximum Gasteiger partial charge on any atom is 0.0490 e. The van der Waals surface area contributed by atoms with E-state index < -0.39 is 0 Å². The first-order chi connectivity index (χ1) is 8.24. The summed E-state index contributed by atoms with van der Waals surface area (Å²) >= 11 is 0. The Hall–Kier alpha value is -1.28. The summed E-state index contributed by atoms with van der Waals surface area (Å²) in [4.78, 5) is 0. The summed E-state index contributed by atoms with van der Waals surface area (Å²) in [6.45, 7) is 0.330. The van der Waals surface area contributed by atoms with E-state index in [1.165, 1.54) is 35.7 Å². The molecular weight excluding hydrogens is 210 g/mol. The maximum atomic E-state index is 9.57. The highest BCUT2D eigenvalue weighted by Gasteiger charge is 2.36. The van der Waals surface area contributed by atoms with Crippen molar-refractivity contribution in [1.82, 2.24) is 4.57 Å². The van der Waals surface area contributed by atoms with Gasteiger partial charge in [-0.1, -0.05) is 24.6 Å². The van der Waals surface area contributed by atoms with E-state index in [4.69, 9.17) is 0 Å². The van der Waals surface area contributed by atoms with E-state index in [0.717, 1.165) is 6.42 Å². The molecule has 1 aromatic carbocycles. The first-order valence-electron chi connectivity index (χ1n) is 6.38. The van der Waals surface area contributed by atoms with Crippen LogP contribution in [0.15, 0.2) is 30.5 Å². The van der Waals surface area contributed by atoms with E-state index in [1.807, 2.05) is 0 Å². The van der Waals surface area contributed by atoms with Crippen LogP contribution in [-0.4, -0.2) is 16.3 Å². The van der Waals surface area contributed by atoms with Crippen LogP contribution < -0.4 is 0 Å². The van der Waals surface area contributed by atoms with Crippen LogP contribution in [0.3, 0.4) is 0 Å². The second kappa shape index (κ2) is 3.88. The number of aliphatic hydroxyl groups is 1. The van der Waals surface area contributed by atoms with Gasteiger partial charge in [0.2, 0.25) is 0 Å². The molecule has 90 valence electrons. The van der Waals surface area contributed by atoms with Gasteiger partial charge in [-0.15, -0.1) is 0 Å². The fraction of sp³-hybridized carbons (Fsp3) is 0.467. The first-order valence-corrected chi connectivity index (χ1v) is 6.38. The molecule has 17 heavy (non-hydrogen) atoms. The molecule has 0 aliphatic heterocycles. The van der Waals surface area contributed by atoms with Gasteiger partial charge in [0, 0.05) is 30.8 Å². The molecule has 0 unspecified atom stereocenters. The summed E-state index contributed by atoms with van der Waals surface area (Å²) in [6, 6.07) is 8.52. The Morgan fingerprint density at radius 1 is 1.29 bits per heavy atom. The van der Waals surface area contributed by atoms with Crippen LogP contribution in [0, 0.1) is 5.41 Å². The predicted octanol–water partition coefficient (Wildman–Crippen LogP) is 2.88. The normalized spacial score (nSPS) is 18.2. The molecule has 1 saturated carbocycles. The van der Waals surface area contributed by atoms with Crippen molar-refractivity contribution in [2.24, 2.45) is 12.5 Å². The molecule has 1 aliphatic rings. The Bertz CT molecular complexity index is 531. The van der Waals surface area contributed by atoms with E-state index in [2.05, 4.69) is 42.1 Å². The largest absolute Gasteiger partial charge is 0.396 e. The molecule has 3 rings (SSSR count). The first kappa shape index (κ1) is 10.8. The third kappa shape index (κ3) is 1.67. The molecule has 0 saturated heterocycles. The number of hydrogen-bond donors (Lipinski definition) is 1. The standard InChI is InChI=1S/C15H19NO/c1-16-10-12(9-15(11-17)7-4-8-15)13-5-2-3-6-14(13)16/h2-3,5-6,10,17H,4,7-9,11H2,1H3. The van der Waals surface area contributed by atoms with Gasteiger partial charge in [-0.25, -0.2) is 0 Å². The lowest BCUT2D eigenvalue weighted by atomic mass is 9.66. The minimum Gasteiger partial charge on any atom is -0.396 e. The number of benzene rings is 1. The van der Waals surface area contributed by atoms with Gasteiger partial charge in [0.1, 0.15) is 0 Å². The Morgan fingerprint density at radius 2 is 2.06 bits per heavy atom. The number of aromatic nitrogens is 1. The summed E-state index contributed by atoms with van der Waals surface area (Å²) in [6.07, 6.45) is 6.86. The van der Waals surface area contributed by atoms with Crippen LogP contribution >= 0.6 is 0 Å². The van der Waals surface area contributed by atoms with Crippen LogP contribution in [-0.2, 0) is 13.5 Å². The molecule has 0 spiro atoms. The fourth-order valence-electron chi connectivity index (χ4n) is 3.04. The van der Waals surface area contributed by atoms with E-state index in [0.29, 0.717) is 6.61 Å².